The number of hydrogen-bond acceptors (Lipinski definition) is 10. The van der Waals surface area contributed by atoms with Gasteiger partial charge in [0.2, 0.25) is 0 Å². The van der Waals surface area contributed by atoms with Gasteiger partial charge in [0.05, 0.1) is 0 Å². The summed E-state index contributed by atoms with van der Waals surface area (Å²) in [5.41, 5.74) is 5.59. The summed E-state index contributed by atoms with van der Waals surface area (Å²) in [6.07, 6.45) is -1.68. The van der Waals surface area contributed by atoms with Crippen LogP contribution in [0.5, 0.6) is 0 Å². The third-order valence-corrected chi connectivity index (χ3v) is 8.50. The van der Waals surface area contributed by atoms with Crippen molar-refractivity contribution in [3.63, 3.8) is 0 Å². The van der Waals surface area contributed by atoms with E-state index in [1.807, 2.05) is 0 Å². The number of amidine groups is 1. The molecule has 3 N–H and O–H groups in total. The number of amides is 3. The van der Waals surface area contributed by atoms with Crippen LogP contribution in [0.2, 0.25) is 4.31 Å². The van der Waals surface area contributed by atoms with Gasteiger partial charge in [-0.1, -0.05) is 0 Å². The van der Waals surface area contributed by atoms with Gasteiger partial charge in [-0.25, -0.2) is 0 Å². The molecule has 0 aromatic carbocycles. The average molecular weight is 533 g/mol. The minimum atomic E-state index is -1.60. The zero-order chi connectivity index (χ0) is 25.4. The van der Waals surface area contributed by atoms with Crippen molar-refractivity contribution >= 4 is 43.8 Å². The van der Waals surface area contributed by atoms with Crippen molar-refractivity contribution in [3.05, 3.63) is 11.3 Å². The van der Waals surface area contributed by atoms with Crippen LogP contribution in [0.4, 0.5) is 9.59 Å². The zero-order valence-corrected chi connectivity index (χ0v) is 21.8. The van der Waals surface area contributed by atoms with Gasteiger partial charge in [0, 0.05) is 0 Å². The number of aliphatic imine (C=N–C) groups is 1. The summed E-state index contributed by atoms with van der Waals surface area (Å²) in [5, 5.41) is 1.26. The van der Waals surface area contributed by atoms with Crippen molar-refractivity contribution in [1.29, 1.82) is 0 Å². The molecule has 0 radical (unpaired) electrons. The maximum absolute atomic E-state index is 13.5. The van der Waals surface area contributed by atoms with Crippen molar-refractivity contribution in [3.8, 4) is 0 Å². The summed E-state index contributed by atoms with van der Waals surface area (Å²) in [7, 11) is 5.81. The zero-order valence-electron chi connectivity index (χ0n) is 20.1. The Balaban J connectivity index is 2.64. The Bertz CT molecular complexity index is 928. The number of hydrogen-bond donors (Lipinski definition) is 3. The molecule has 184 valence electrons. The van der Waals surface area contributed by atoms with E-state index < -0.39 is 54.6 Å². The predicted molar refractivity (Wildman–Crippen MR) is 118 cm³/mol. The Morgan fingerprint density at radius 1 is 1.12 bits per heavy atom. The fraction of sp³-hybridized carbons (Fsp3) is 0.632. The van der Waals surface area contributed by atoms with Crippen molar-refractivity contribution in [1.82, 2.24) is 26.2 Å². The molecule has 3 amide bonds. The number of ether oxygens (including phenoxy) is 3. The van der Waals surface area contributed by atoms with E-state index in [9.17, 15) is 19.2 Å². The third kappa shape index (κ3) is 4.63. The predicted octanol–water partition coefficient (Wildman–Crippen LogP) is 0.0862. The van der Waals surface area contributed by atoms with Crippen LogP contribution in [0.1, 0.15) is 34.6 Å². The molecule has 2 heterocycles. The molecule has 2 atom stereocenters. The van der Waals surface area contributed by atoms with E-state index >= 15 is 0 Å². The standard InChI is InChI=1S/C19H30N6O7Se/c1-10-11(12(26)30-8)19(13(27)20-14(33-19)24(6)7)18(5,25(10)22-16(29)31-9)23-21-15(28)32-17(2,3)4/h23H,1-9H3,(H,21,28)(H,22,29). The van der Waals surface area contributed by atoms with Crippen LogP contribution in [0, 0.1) is 0 Å². The molecule has 0 fully saturated rings. The van der Waals surface area contributed by atoms with Crippen molar-refractivity contribution < 1.29 is 33.4 Å². The van der Waals surface area contributed by atoms with Crippen LogP contribution >= 0.6 is 0 Å². The first-order valence-corrected chi connectivity index (χ1v) is 11.6. The fourth-order valence-electron chi connectivity index (χ4n) is 3.47. The first-order valence-electron chi connectivity index (χ1n) is 9.84. The molecule has 2 aliphatic heterocycles. The molecule has 0 aromatic heterocycles. The molecule has 13 nitrogen and oxygen atoms in total. The Morgan fingerprint density at radius 3 is 2.18 bits per heavy atom. The third-order valence-electron chi connectivity index (χ3n) is 4.89. The quantitative estimate of drug-likeness (QED) is 0.196. The molecule has 0 saturated heterocycles. The molecule has 33 heavy (non-hydrogen) atoms. The second kappa shape index (κ2) is 9.20. The molecule has 0 aromatic rings. The average Bonchev–Trinajstić information content (AvgIpc) is 3.14. The molecule has 0 saturated carbocycles. The van der Waals surface area contributed by atoms with E-state index in [1.54, 1.807) is 53.6 Å². The molecule has 2 aliphatic rings. The Morgan fingerprint density at radius 2 is 1.73 bits per heavy atom. The number of methoxy groups -OCH3 is 2. The van der Waals surface area contributed by atoms with Gasteiger partial charge in [-0.15, -0.1) is 0 Å². The summed E-state index contributed by atoms with van der Waals surface area (Å²) in [5.74, 6) is -1.39. The van der Waals surface area contributed by atoms with Gasteiger partial charge in [0.15, 0.2) is 0 Å². The van der Waals surface area contributed by atoms with E-state index in [1.165, 1.54) is 19.2 Å². The topological polar surface area (TPSA) is 151 Å². The SMILES string of the molecule is COC(=O)NN1C(C)=C(C(=O)OC)C2([Se]C(N(C)C)=NC2=O)C1(C)NNC(=O)OC(C)(C)C. The molecule has 0 bridgehead atoms. The second-order valence-corrected chi connectivity index (χ2v) is 11.1. The summed E-state index contributed by atoms with van der Waals surface area (Å²) in [6.45, 7) is 8.17. The van der Waals surface area contributed by atoms with Crippen LogP contribution < -0.4 is 16.3 Å². The number of rotatable bonds is 4. The van der Waals surface area contributed by atoms with Crippen LogP contribution in [-0.4, -0.2) is 93.2 Å². The van der Waals surface area contributed by atoms with Crippen LogP contribution in [-0.2, 0) is 23.8 Å². The first-order chi connectivity index (χ1) is 15.1. The van der Waals surface area contributed by atoms with Gasteiger partial charge < -0.3 is 0 Å². The number of carbonyl (C=O) groups is 4. The molecule has 2 unspecified atom stereocenters. The van der Waals surface area contributed by atoms with Gasteiger partial charge in [-0.2, -0.15) is 0 Å². The summed E-state index contributed by atoms with van der Waals surface area (Å²) in [4.78, 5) is 56.8. The van der Waals surface area contributed by atoms with Crippen molar-refractivity contribution in [2.75, 3.05) is 28.3 Å². The Kier molecular flexibility index (Phi) is 7.36. The number of allylic oxidation sites excluding steroid dienone is 1. The maximum atomic E-state index is 13.5. The molecule has 0 aliphatic carbocycles. The number of carbonyl (C=O) groups excluding carboxylic acids is 4. The fourth-order valence-corrected chi connectivity index (χ4v) is 6.40. The van der Waals surface area contributed by atoms with E-state index in [2.05, 4.69) is 21.3 Å². The summed E-state index contributed by atoms with van der Waals surface area (Å²) < 4.78 is 13.8. The van der Waals surface area contributed by atoms with Crippen LogP contribution in [0.15, 0.2) is 16.3 Å². The molecule has 2 rings (SSSR count). The summed E-state index contributed by atoms with van der Waals surface area (Å²) >= 11 is -0.762. The Labute approximate surface area is 198 Å². The second-order valence-electron chi connectivity index (χ2n) is 8.59. The molecule has 1 spiro atoms. The molecular weight excluding hydrogens is 503 g/mol. The van der Waals surface area contributed by atoms with Crippen molar-refractivity contribution in [2.45, 2.75) is 50.2 Å². The van der Waals surface area contributed by atoms with Gasteiger partial charge in [-0.3, -0.25) is 0 Å². The van der Waals surface area contributed by atoms with Crippen LogP contribution in [0.25, 0.3) is 0 Å². The van der Waals surface area contributed by atoms with E-state index in [0.29, 0.717) is 4.73 Å². The van der Waals surface area contributed by atoms with Gasteiger partial charge in [-0.05, 0) is 0 Å². The number of nitrogens with one attached hydrogen (secondary N) is 3. The van der Waals surface area contributed by atoms with E-state index in [-0.39, 0.29) is 11.3 Å². The number of esters is 1. The normalized spacial score (nSPS) is 24.6. The van der Waals surface area contributed by atoms with Gasteiger partial charge >= 0.3 is 198 Å². The molecular formula is C19H30N6O7Se. The monoisotopic (exact) mass is 534 g/mol. The van der Waals surface area contributed by atoms with E-state index in [0.717, 1.165) is 0 Å². The number of hydrazine groups is 2. The number of nitrogens with zero attached hydrogens (tertiary/aromatic N) is 3. The first kappa shape index (κ1) is 26.4. The van der Waals surface area contributed by atoms with Gasteiger partial charge in [0.1, 0.15) is 0 Å². The summed E-state index contributed by atoms with van der Waals surface area (Å²) in [6, 6.07) is 0. The molecule has 14 heteroatoms. The van der Waals surface area contributed by atoms with Crippen LogP contribution in [0.3, 0.4) is 0 Å². The van der Waals surface area contributed by atoms with E-state index in [4.69, 9.17) is 14.2 Å². The Hall–Kier alpha value is -2.83. The minimum absolute atomic E-state index is 0.00740. The van der Waals surface area contributed by atoms with Gasteiger partial charge in [0.25, 0.3) is 0 Å². The van der Waals surface area contributed by atoms with Crippen molar-refractivity contribution in [2.24, 2.45) is 4.99 Å².